The molecule has 0 bridgehead atoms. The molecular formula is C4H6NO5-. The van der Waals surface area contributed by atoms with Crippen molar-refractivity contribution in [3.63, 3.8) is 0 Å². The zero-order chi connectivity index (χ0) is 8.36. The van der Waals surface area contributed by atoms with Crippen LogP contribution in [-0.2, 0) is 4.79 Å². The van der Waals surface area contributed by atoms with Gasteiger partial charge in [-0.2, -0.15) is 0 Å². The van der Waals surface area contributed by atoms with Gasteiger partial charge in [0.1, 0.15) is 0 Å². The van der Waals surface area contributed by atoms with E-state index in [4.69, 9.17) is 15.3 Å². The lowest BCUT2D eigenvalue weighted by Crippen LogP contribution is -2.37. The summed E-state index contributed by atoms with van der Waals surface area (Å²) < 4.78 is 0. The number of hydroxylamine groups is 1. The first-order valence-electron chi connectivity index (χ1n) is 2.18. The number of rotatable bonds is 2. The van der Waals surface area contributed by atoms with Crippen molar-refractivity contribution in [1.29, 1.82) is 0 Å². The van der Waals surface area contributed by atoms with Crippen molar-refractivity contribution in [3.05, 3.63) is 17.4 Å². The van der Waals surface area contributed by atoms with E-state index in [2.05, 4.69) is 6.58 Å². The Bertz CT molecular complexity index is 158. The molecule has 0 aromatic rings. The molecule has 6 heteroatoms. The lowest BCUT2D eigenvalue weighted by molar-refractivity contribution is -0.280. The van der Waals surface area contributed by atoms with Crippen LogP contribution in [0.2, 0.25) is 0 Å². The molecule has 0 radical (unpaired) electrons. The first-order chi connectivity index (χ1) is 4.39. The summed E-state index contributed by atoms with van der Waals surface area (Å²) in [6.07, 6.45) is 0. The van der Waals surface area contributed by atoms with E-state index < -0.39 is 17.5 Å². The van der Waals surface area contributed by atoms with Gasteiger partial charge in [0.25, 0.3) is 0 Å². The SMILES string of the molecule is C=C(C(=O)N[O-])C(O)(O)O. The van der Waals surface area contributed by atoms with E-state index in [1.54, 1.807) is 0 Å². The van der Waals surface area contributed by atoms with Gasteiger partial charge in [-0.1, -0.05) is 6.58 Å². The second kappa shape index (κ2) is 2.76. The van der Waals surface area contributed by atoms with Crippen molar-refractivity contribution in [2.24, 2.45) is 0 Å². The van der Waals surface area contributed by atoms with E-state index in [1.165, 1.54) is 0 Å². The summed E-state index contributed by atoms with van der Waals surface area (Å²) in [4.78, 5) is 10.2. The van der Waals surface area contributed by atoms with Crippen molar-refractivity contribution in [2.75, 3.05) is 0 Å². The van der Waals surface area contributed by atoms with Crippen LogP contribution in [0.5, 0.6) is 0 Å². The van der Waals surface area contributed by atoms with E-state index >= 15 is 0 Å². The van der Waals surface area contributed by atoms with Gasteiger partial charge in [0.05, 0.1) is 5.57 Å². The molecule has 0 saturated carbocycles. The van der Waals surface area contributed by atoms with E-state index in [9.17, 15) is 10.0 Å². The summed E-state index contributed by atoms with van der Waals surface area (Å²) in [5.74, 6) is -4.71. The van der Waals surface area contributed by atoms with Crippen LogP contribution in [0.3, 0.4) is 0 Å². The summed E-state index contributed by atoms with van der Waals surface area (Å²) in [6, 6.07) is 0. The third-order valence-corrected chi connectivity index (χ3v) is 0.772. The Hall–Kier alpha value is -0.950. The monoisotopic (exact) mass is 148 g/mol. The van der Waals surface area contributed by atoms with Gasteiger partial charge in [-0.25, -0.2) is 0 Å². The molecule has 0 heterocycles. The van der Waals surface area contributed by atoms with Gasteiger partial charge >= 0.3 is 5.97 Å². The standard InChI is InChI=1S/C4H6NO5/c1-2(3(6)5-10)4(7,8)9/h7-9H,1H2,(H-,5,6,10)/q-1. The van der Waals surface area contributed by atoms with Gasteiger partial charge in [0.15, 0.2) is 0 Å². The molecule has 0 spiro atoms. The Balaban J connectivity index is 4.24. The molecule has 0 fully saturated rings. The number of carbonyl (C=O) groups excluding carboxylic acids is 1. The van der Waals surface area contributed by atoms with Crippen LogP contribution in [0.1, 0.15) is 0 Å². The smallest absolute Gasteiger partial charge is 0.309 e. The van der Waals surface area contributed by atoms with Crippen LogP contribution >= 0.6 is 0 Å². The molecule has 0 saturated heterocycles. The molecule has 58 valence electrons. The maximum Gasteiger partial charge on any atom is 0.309 e. The molecule has 1 amide bonds. The van der Waals surface area contributed by atoms with Gasteiger partial charge < -0.3 is 26.0 Å². The first kappa shape index (κ1) is 9.05. The van der Waals surface area contributed by atoms with Crippen molar-refractivity contribution in [3.8, 4) is 0 Å². The molecule has 0 atom stereocenters. The summed E-state index contributed by atoms with van der Waals surface area (Å²) in [6.45, 7) is 2.73. The predicted octanol–water partition coefficient (Wildman–Crippen LogP) is -2.21. The van der Waals surface area contributed by atoms with Crippen LogP contribution < -0.4 is 5.48 Å². The fraction of sp³-hybridized carbons (Fsp3) is 0.250. The van der Waals surface area contributed by atoms with E-state index in [-0.39, 0.29) is 0 Å². The van der Waals surface area contributed by atoms with Gasteiger partial charge in [-0.05, 0) is 0 Å². The van der Waals surface area contributed by atoms with E-state index in [0.29, 0.717) is 0 Å². The van der Waals surface area contributed by atoms with E-state index in [1.807, 2.05) is 0 Å². The Morgan fingerprint density at radius 2 is 1.90 bits per heavy atom. The number of carbonyl (C=O) groups is 1. The number of aliphatic hydroxyl groups is 3. The highest BCUT2D eigenvalue weighted by molar-refractivity contribution is 5.94. The average molecular weight is 148 g/mol. The van der Waals surface area contributed by atoms with Crippen LogP contribution in [0, 0.1) is 5.21 Å². The molecule has 0 unspecified atom stereocenters. The maximum atomic E-state index is 10.2. The minimum atomic E-state index is -3.32. The zero-order valence-corrected chi connectivity index (χ0v) is 4.87. The van der Waals surface area contributed by atoms with Crippen molar-refractivity contribution in [1.82, 2.24) is 5.48 Å². The van der Waals surface area contributed by atoms with Gasteiger partial charge in [0, 0.05) is 0 Å². The third-order valence-electron chi connectivity index (χ3n) is 0.772. The van der Waals surface area contributed by atoms with Crippen molar-refractivity contribution >= 4 is 5.91 Å². The minimum absolute atomic E-state index is 0.803. The Morgan fingerprint density at radius 3 is 2.00 bits per heavy atom. The average Bonchev–Trinajstić information content (AvgIpc) is 1.83. The molecule has 10 heavy (non-hydrogen) atoms. The molecule has 0 aliphatic carbocycles. The van der Waals surface area contributed by atoms with Gasteiger partial charge in [0.2, 0.25) is 5.91 Å². The summed E-state index contributed by atoms with van der Waals surface area (Å²) in [7, 11) is 0. The molecule has 0 aliphatic rings. The summed E-state index contributed by atoms with van der Waals surface area (Å²) >= 11 is 0. The highest BCUT2D eigenvalue weighted by Gasteiger charge is 2.27. The van der Waals surface area contributed by atoms with Crippen molar-refractivity contribution < 1.29 is 20.1 Å². The number of amides is 1. The fourth-order valence-electron chi connectivity index (χ4n) is 0.214. The number of nitrogens with one attached hydrogen (secondary N) is 1. The molecule has 0 aromatic heterocycles. The predicted molar refractivity (Wildman–Crippen MR) is 30.0 cm³/mol. The molecule has 6 nitrogen and oxygen atoms in total. The Labute approximate surface area is 56.0 Å². The largest absolute Gasteiger partial charge is 0.759 e. The third kappa shape index (κ3) is 2.11. The topological polar surface area (TPSA) is 113 Å². The normalized spacial score (nSPS) is 10.8. The molecule has 0 aliphatic heterocycles. The van der Waals surface area contributed by atoms with Crippen molar-refractivity contribution in [2.45, 2.75) is 5.97 Å². The minimum Gasteiger partial charge on any atom is -0.759 e. The second-order valence-corrected chi connectivity index (χ2v) is 1.55. The van der Waals surface area contributed by atoms with Gasteiger partial charge in [-0.3, -0.25) is 4.79 Å². The quantitative estimate of drug-likeness (QED) is 0.201. The van der Waals surface area contributed by atoms with Crippen LogP contribution in [0.15, 0.2) is 12.2 Å². The molecule has 4 N–H and O–H groups in total. The van der Waals surface area contributed by atoms with Crippen LogP contribution in [-0.4, -0.2) is 27.2 Å². The maximum absolute atomic E-state index is 10.2. The highest BCUT2D eigenvalue weighted by Crippen LogP contribution is 2.05. The number of hydrogen-bond acceptors (Lipinski definition) is 5. The fourth-order valence-corrected chi connectivity index (χ4v) is 0.214. The summed E-state index contributed by atoms with van der Waals surface area (Å²) in [5.41, 5.74) is -0.223. The van der Waals surface area contributed by atoms with Crippen LogP contribution in [0.4, 0.5) is 0 Å². The lowest BCUT2D eigenvalue weighted by atomic mass is 10.2. The first-order valence-corrected chi connectivity index (χ1v) is 2.18. The van der Waals surface area contributed by atoms with Gasteiger partial charge in [-0.15, -0.1) is 0 Å². The number of hydrogen-bond donors (Lipinski definition) is 4. The Morgan fingerprint density at radius 1 is 1.50 bits per heavy atom. The molecule has 0 aromatic carbocycles. The molecular weight excluding hydrogens is 142 g/mol. The van der Waals surface area contributed by atoms with Crippen LogP contribution in [0.25, 0.3) is 0 Å². The Kier molecular flexibility index (Phi) is 2.49. The second-order valence-electron chi connectivity index (χ2n) is 1.55. The van der Waals surface area contributed by atoms with E-state index in [0.717, 1.165) is 5.48 Å². The summed E-state index contributed by atoms with van der Waals surface area (Å²) in [5, 5.41) is 34.1. The zero-order valence-electron chi connectivity index (χ0n) is 4.87. The highest BCUT2D eigenvalue weighted by atomic mass is 16.7. The lowest BCUT2D eigenvalue weighted by Gasteiger charge is -2.17. The molecule has 0 rings (SSSR count).